The average molecular weight is 271 g/mol. The zero-order valence-electron chi connectivity index (χ0n) is 11.0. The van der Waals surface area contributed by atoms with Gasteiger partial charge in [-0.3, -0.25) is 9.59 Å². The minimum atomic E-state index is -1.14. The van der Waals surface area contributed by atoms with Crippen LogP contribution in [0.15, 0.2) is 0 Å². The van der Waals surface area contributed by atoms with E-state index in [1.807, 2.05) is 6.92 Å². The number of nitrogens with one attached hydrogen (secondary N) is 2. The first-order chi connectivity index (χ1) is 8.90. The Labute approximate surface area is 111 Å². The van der Waals surface area contributed by atoms with E-state index in [1.54, 1.807) is 0 Å². The van der Waals surface area contributed by atoms with Crippen LogP contribution in [0.3, 0.4) is 0 Å². The zero-order chi connectivity index (χ0) is 14.4. The summed E-state index contributed by atoms with van der Waals surface area (Å²) in [4.78, 5) is 33.7. The van der Waals surface area contributed by atoms with Crippen LogP contribution in [-0.4, -0.2) is 41.5 Å². The second-order valence-electron chi connectivity index (χ2n) is 4.98. The molecule has 7 nitrogen and oxygen atoms in total. The molecule has 2 unspecified atom stereocenters. The highest BCUT2D eigenvalue weighted by Crippen LogP contribution is 2.16. The highest BCUT2D eigenvalue weighted by molar-refractivity contribution is 5.85. The Morgan fingerprint density at radius 1 is 1.47 bits per heavy atom. The van der Waals surface area contributed by atoms with E-state index >= 15 is 0 Å². The quantitative estimate of drug-likeness (QED) is 0.504. The first-order valence-corrected chi connectivity index (χ1v) is 6.45. The average Bonchev–Trinajstić information content (AvgIpc) is 2.33. The molecule has 19 heavy (non-hydrogen) atoms. The Morgan fingerprint density at radius 3 is 2.68 bits per heavy atom. The fourth-order valence-electron chi connectivity index (χ4n) is 2.20. The van der Waals surface area contributed by atoms with E-state index in [2.05, 4.69) is 10.6 Å². The number of carbonyl (C=O) groups is 3. The molecule has 108 valence electrons. The van der Waals surface area contributed by atoms with Gasteiger partial charge in [-0.25, -0.2) is 4.79 Å². The predicted octanol–water partition coefficient (Wildman–Crippen LogP) is -0.791. The summed E-state index contributed by atoms with van der Waals surface area (Å²) in [5.74, 6) is -2.15. The number of hydrogen-bond donors (Lipinski definition) is 4. The van der Waals surface area contributed by atoms with E-state index < -0.39 is 17.9 Å². The summed E-state index contributed by atoms with van der Waals surface area (Å²) < 4.78 is 0. The Bertz CT molecular complexity index is 359. The fraction of sp³-hybridized carbons (Fsp3) is 0.750. The second-order valence-corrected chi connectivity index (χ2v) is 4.98. The molecule has 0 aromatic carbocycles. The molecule has 1 rings (SSSR count). The van der Waals surface area contributed by atoms with Crippen LogP contribution in [0.4, 0.5) is 0 Å². The number of piperidine rings is 1. The summed E-state index contributed by atoms with van der Waals surface area (Å²) >= 11 is 0. The minimum Gasteiger partial charge on any atom is -0.480 e. The number of nitrogens with two attached hydrogens (primary N) is 1. The fourth-order valence-corrected chi connectivity index (χ4v) is 2.20. The van der Waals surface area contributed by atoms with Gasteiger partial charge in [0.2, 0.25) is 11.8 Å². The molecule has 1 aliphatic rings. The molecule has 0 bridgehead atoms. The Kier molecular flexibility index (Phi) is 5.75. The molecule has 3 atom stereocenters. The number of carboxylic acid groups (broad SMARTS) is 1. The van der Waals surface area contributed by atoms with E-state index in [0.29, 0.717) is 12.8 Å². The van der Waals surface area contributed by atoms with E-state index in [-0.39, 0.29) is 30.7 Å². The molecule has 0 aromatic heterocycles. The lowest BCUT2D eigenvalue weighted by molar-refractivity contribution is -0.143. The molecule has 0 radical (unpaired) electrons. The molecule has 7 heteroatoms. The molecule has 0 spiro atoms. The third-order valence-corrected chi connectivity index (χ3v) is 3.29. The topological polar surface area (TPSA) is 122 Å². The van der Waals surface area contributed by atoms with Crippen molar-refractivity contribution in [1.29, 1.82) is 0 Å². The normalized spacial score (nSPS) is 24.5. The molecule has 0 aliphatic carbocycles. The van der Waals surface area contributed by atoms with Crippen LogP contribution in [0.2, 0.25) is 0 Å². The van der Waals surface area contributed by atoms with Crippen LogP contribution in [0.5, 0.6) is 0 Å². The molecular formula is C12H21N3O4. The van der Waals surface area contributed by atoms with Gasteiger partial charge in [0.15, 0.2) is 0 Å². The van der Waals surface area contributed by atoms with Crippen molar-refractivity contribution in [2.45, 2.75) is 44.7 Å². The van der Waals surface area contributed by atoms with Gasteiger partial charge in [-0.15, -0.1) is 0 Å². The van der Waals surface area contributed by atoms with Crippen LogP contribution >= 0.6 is 0 Å². The van der Waals surface area contributed by atoms with Crippen LogP contribution in [0.1, 0.15) is 32.6 Å². The molecule has 1 saturated heterocycles. The number of hydrogen-bond acceptors (Lipinski definition) is 4. The van der Waals surface area contributed by atoms with Crippen molar-refractivity contribution < 1.29 is 19.5 Å². The van der Waals surface area contributed by atoms with Crippen molar-refractivity contribution in [2.24, 2.45) is 11.7 Å². The van der Waals surface area contributed by atoms with Gasteiger partial charge >= 0.3 is 5.97 Å². The minimum absolute atomic E-state index is 0.0247. The second kappa shape index (κ2) is 7.08. The maximum atomic E-state index is 12.0. The van der Waals surface area contributed by atoms with Crippen LogP contribution in [-0.2, 0) is 14.4 Å². The summed E-state index contributed by atoms with van der Waals surface area (Å²) in [6.45, 7) is 2.74. The summed E-state index contributed by atoms with van der Waals surface area (Å²) in [5.41, 5.74) is 4.98. The Morgan fingerprint density at radius 2 is 2.16 bits per heavy atom. The maximum Gasteiger partial charge on any atom is 0.326 e. The predicted molar refractivity (Wildman–Crippen MR) is 68.2 cm³/mol. The molecule has 5 N–H and O–H groups in total. The van der Waals surface area contributed by atoms with Gasteiger partial charge in [-0.1, -0.05) is 0 Å². The van der Waals surface area contributed by atoms with Gasteiger partial charge in [0.25, 0.3) is 0 Å². The van der Waals surface area contributed by atoms with Crippen molar-refractivity contribution in [2.75, 3.05) is 6.54 Å². The monoisotopic (exact) mass is 271 g/mol. The molecular weight excluding hydrogens is 250 g/mol. The third-order valence-electron chi connectivity index (χ3n) is 3.29. The molecule has 1 heterocycles. The smallest absolute Gasteiger partial charge is 0.326 e. The molecule has 0 saturated carbocycles. The lowest BCUT2D eigenvalue weighted by Gasteiger charge is -2.28. The summed E-state index contributed by atoms with van der Waals surface area (Å²) in [6.07, 6.45) is 1.35. The number of aliphatic carboxylic acids is 1. The van der Waals surface area contributed by atoms with E-state index in [1.165, 1.54) is 0 Å². The number of carboxylic acids is 1. The van der Waals surface area contributed by atoms with Gasteiger partial charge in [0, 0.05) is 18.4 Å². The van der Waals surface area contributed by atoms with E-state index in [0.717, 1.165) is 6.54 Å². The lowest BCUT2D eigenvalue weighted by Crippen LogP contribution is -2.47. The largest absolute Gasteiger partial charge is 0.480 e. The number of carbonyl (C=O) groups excluding carboxylic acids is 2. The van der Waals surface area contributed by atoms with Gasteiger partial charge in [-0.05, 0) is 32.7 Å². The number of amides is 2. The highest BCUT2D eigenvalue weighted by atomic mass is 16.4. The zero-order valence-corrected chi connectivity index (χ0v) is 11.0. The van der Waals surface area contributed by atoms with Crippen molar-refractivity contribution in [3.05, 3.63) is 0 Å². The maximum absolute atomic E-state index is 12.0. The first-order valence-electron chi connectivity index (χ1n) is 6.45. The summed E-state index contributed by atoms with van der Waals surface area (Å²) in [7, 11) is 0. The Hall–Kier alpha value is -1.63. The van der Waals surface area contributed by atoms with E-state index in [4.69, 9.17) is 10.8 Å². The molecule has 1 aliphatic heterocycles. The third kappa shape index (κ3) is 5.25. The number of primary amides is 1. The SMILES string of the molecule is CC1CC(C(=O)N[C@H](CCC(N)=O)C(=O)O)CCN1. The first kappa shape index (κ1) is 15.4. The van der Waals surface area contributed by atoms with Crippen molar-refractivity contribution in [1.82, 2.24) is 10.6 Å². The van der Waals surface area contributed by atoms with Gasteiger partial charge in [0.1, 0.15) is 6.04 Å². The molecule has 0 aromatic rings. The lowest BCUT2D eigenvalue weighted by atomic mass is 9.92. The molecule has 2 amide bonds. The molecule has 1 fully saturated rings. The van der Waals surface area contributed by atoms with Crippen molar-refractivity contribution >= 4 is 17.8 Å². The Balaban J connectivity index is 2.50. The van der Waals surface area contributed by atoms with Crippen LogP contribution in [0.25, 0.3) is 0 Å². The van der Waals surface area contributed by atoms with Crippen molar-refractivity contribution in [3.63, 3.8) is 0 Å². The van der Waals surface area contributed by atoms with E-state index in [9.17, 15) is 14.4 Å². The van der Waals surface area contributed by atoms with Gasteiger partial charge < -0.3 is 21.5 Å². The van der Waals surface area contributed by atoms with Crippen molar-refractivity contribution in [3.8, 4) is 0 Å². The van der Waals surface area contributed by atoms with Gasteiger partial charge in [-0.2, -0.15) is 0 Å². The van der Waals surface area contributed by atoms with Crippen LogP contribution in [0, 0.1) is 5.92 Å². The van der Waals surface area contributed by atoms with Crippen LogP contribution < -0.4 is 16.4 Å². The summed E-state index contributed by atoms with van der Waals surface area (Å²) in [6, 6.07) is -0.802. The van der Waals surface area contributed by atoms with Gasteiger partial charge in [0.05, 0.1) is 0 Å². The standard InChI is InChI=1S/C12H21N3O4/c1-7-6-8(4-5-14-7)11(17)15-9(12(18)19)2-3-10(13)16/h7-9,14H,2-6H2,1H3,(H2,13,16)(H,15,17)(H,18,19)/t7?,8?,9-/m1/s1. The number of rotatable bonds is 6. The summed E-state index contributed by atoms with van der Waals surface area (Å²) in [5, 5.41) is 14.7. The highest BCUT2D eigenvalue weighted by Gasteiger charge is 2.28.